The summed E-state index contributed by atoms with van der Waals surface area (Å²) in [7, 11) is 0. The van der Waals surface area contributed by atoms with Crippen LogP contribution in [0.2, 0.25) is 0 Å². The third-order valence-electron chi connectivity index (χ3n) is 2.97. The van der Waals surface area contributed by atoms with Gasteiger partial charge in [0, 0.05) is 0 Å². The Balaban J connectivity index is 3.20. The predicted molar refractivity (Wildman–Crippen MR) is 78.0 cm³/mol. The van der Waals surface area contributed by atoms with Gasteiger partial charge in [0.2, 0.25) is 0 Å². The van der Waals surface area contributed by atoms with Crippen molar-refractivity contribution < 1.29 is 0 Å². The zero-order valence-corrected chi connectivity index (χ0v) is 11.2. The van der Waals surface area contributed by atoms with E-state index in [1.54, 1.807) is 0 Å². The molecule has 1 aromatic rings. The lowest BCUT2D eigenvalue weighted by Gasteiger charge is -2.08. The molecule has 0 heteroatoms. The van der Waals surface area contributed by atoms with Gasteiger partial charge in [0.1, 0.15) is 0 Å². The Kier molecular flexibility index (Phi) is 5.48. The molecule has 0 nitrogen and oxygen atoms in total. The van der Waals surface area contributed by atoms with Crippen molar-refractivity contribution in [1.82, 2.24) is 0 Å². The van der Waals surface area contributed by atoms with Crippen molar-refractivity contribution in [2.45, 2.75) is 33.6 Å². The molecule has 0 saturated heterocycles. The second kappa shape index (κ2) is 6.90. The molecular weight excluding hydrogens is 204 g/mol. The standard InChI is InChI=1S/C17H22/c1-5-9-15(7-3)17(8-4)16-12-10-14(6-2)11-13-16/h5,8-13H,4,6-7H2,1-3H3/b9-5-,17-15+. The van der Waals surface area contributed by atoms with Crippen molar-refractivity contribution in [2.75, 3.05) is 0 Å². The first-order chi connectivity index (χ1) is 8.26. The largest absolute Gasteiger partial charge is 0.0984 e. The normalized spacial score (nSPS) is 12.6. The lowest BCUT2D eigenvalue weighted by atomic mass is 9.96. The smallest absolute Gasteiger partial charge is 0.0158 e. The molecular formula is C17H22. The van der Waals surface area contributed by atoms with Crippen LogP contribution in [0.1, 0.15) is 38.3 Å². The highest BCUT2D eigenvalue weighted by Crippen LogP contribution is 2.23. The Bertz CT molecular complexity index is 416. The molecule has 0 N–H and O–H groups in total. The Hall–Kier alpha value is -1.56. The van der Waals surface area contributed by atoms with Crippen LogP contribution in [-0.2, 0) is 6.42 Å². The molecule has 1 aromatic carbocycles. The predicted octanol–water partition coefficient (Wildman–Crippen LogP) is 5.17. The highest BCUT2D eigenvalue weighted by atomic mass is 14.1. The molecule has 0 aliphatic heterocycles. The molecule has 0 spiro atoms. The van der Waals surface area contributed by atoms with Crippen molar-refractivity contribution in [2.24, 2.45) is 0 Å². The molecule has 0 fully saturated rings. The maximum atomic E-state index is 3.94. The second-order valence-electron chi connectivity index (χ2n) is 4.05. The summed E-state index contributed by atoms with van der Waals surface area (Å²) < 4.78 is 0. The fourth-order valence-electron chi connectivity index (χ4n) is 1.95. The van der Waals surface area contributed by atoms with Crippen LogP contribution in [0.15, 0.2) is 54.6 Å². The Labute approximate surface area is 105 Å². The summed E-state index contributed by atoms with van der Waals surface area (Å²) in [6, 6.07) is 8.77. The first kappa shape index (κ1) is 13.5. The molecule has 0 amide bonds. The van der Waals surface area contributed by atoms with Crippen LogP contribution >= 0.6 is 0 Å². The Morgan fingerprint density at radius 3 is 2.24 bits per heavy atom. The summed E-state index contributed by atoms with van der Waals surface area (Å²) in [5, 5.41) is 0. The summed E-state index contributed by atoms with van der Waals surface area (Å²) in [4.78, 5) is 0. The summed E-state index contributed by atoms with van der Waals surface area (Å²) >= 11 is 0. The molecule has 90 valence electrons. The summed E-state index contributed by atoms with van der Waals surface area (Å²) in [5.74, 6) is 0. The molecule has 0 aliphatic rings. The molecule has 0 saturated carbocycles. The van der Waals surface area contributed by atoms with Crippen molar-refractivity contribution in [3.05, 3.63) is 65.8 Å². The van der Waals surface area contributed by atoms with E-state index >= 15 is 0 Å². The van der Waals surface area contributed by atoms with Gasteiger partial charge in [-0.1, -0.05) is 62.9 Å². The van der Waals surface area contributed by atoms with E-state index in [0.717, 1.165) is 12.8 Å². The van der Waals surface area contributed by atoms with Crippen LogP contribution in [-0.4, -0.2) is 0 Å². The van der Waals surface area contributed by atoms with Gasteiger partial charge in [-0.2, -0.15) is 0 Å². The molecule has 0 bridgehead atoms. The maximum absolute atomic E-state index is 3.94. The van der Waals surface area contributed by atoms with Crippen molar-refractivity contribution in [1.29, 1.82) is 0 Å². The monoisotopic (exact) mass is 226 g/mol. The Morgan fingerprint density at radius 1 is 1.18 bits per heavy atom. The van der Waals surface area contributed by atoms with Gasteiger partial charge in [-0.05, 0) is 42.0 Å². The topological polar surface area (TPSA) is 0 Å². The summed E-state index contributed by atoms with van der Waals surface area (Å²) in [6.07, 6.45) is 8.33. The zero-order valence-electron chi connectivity index (χ0n) is 11.2. The van der Waals surface area contributed by atoms with E-state index in [-0.39, 0.29) is 0 Å². The van der Waals surface area contributed by atoms with E-state index in [1.807, 2.05) is 6.08 Å². The van der Waals surface area contributed by atoms with Gasteiger partial charge in [-0.3, -0.25) is 0 Å². The minimum Gasteiger partial charge on any atom is -0.0984 e. The molecule has 0 atom stereocenters. The molecule has 0 heterocycles. The Morgan fingerprint density at radius 2 is 1.82 bits per heavy atom. The van der Waals surface area contributed by atoms with Gasteiger partial charge >= 0.3 is 0 Å². The molecule has 1 rings (SSSR count). The first-order valence-corrected chi connectivity index (χ1v) is 6.34. The number of aryl methyl sites for hydroxylation is 1. The van der Waals surface area contributed by atoms with Crippen LogP contribution in [0.3, 0.4) is 0 Å². The number of allylic oxidation sites excluding steroid dienone is 5. The van der Waals surface area contributed by atoms with Gasteiger partial charge < -0.3 is 0 Å². The van der Waals surface area contributed by atoms with Crippen molar-refractivity contribution >= 4 is 5.57 Å². The third kappa shape index (κ3) is 3.45. The highest BCUT2D eigenvalue weighted by molar-refractivity contribution is 5.78. The second-order valence-corrected chi connectivity index (χ2v) is 4.05. The average Bonchev–Trinajstić information content (AvgIpc) is 2.39. The third-order valence-corrected chi connectivity index (χ3v) is 2.97. The average molecular weight is 226 g/mol. The summed E-state index contributed by atoms with van der Waals surface area (Å²) in [5.41, 5.74) is 5.22. The van der Waals surface area contributed by atoms with Gasteiger partial charge in [0.15, 0.2) is 0 Å². The lowest BCUT2D eigenvalue weighted by Crippen LogP contribution is -1.88. The van der Waals surface area contributed by atoms with Crippen molar-refractivity contribution in [3.8, 4) is 0 Å². The number of benzene rings is 1. The molecule has 17 heavy (non-hydrogen) atoms. The van der Waals surface area contributed by atoms with Gasteiger partial charge in [-0.15, -0.1) is 0 Å². The minimum absolute atomic E-state index is 1.03. The highest BCUT2D eigenvalue weighted by Gasteiger charge is 2.02. The van der Waals surface area contributed by atoms with Crippen molar-refractivity contribution in [3.63, 3.8) is 0 Å². The van der Waals surface area contributed by atoms with E-state index in [1.165, 1.54) is 22.3 Å². The molecule has 0 unspecified atom stereocenters. The zero-order chi connectivity index (χ0) is 12.7. The molecule has 0 aliphatic carbocycles. The molecule has 0 radical (unpaired) electrons. The van der Waals surface area contributed by atoms with E-state index in [4.69, 9.17) is 0 Å². The van der Waals surface area contributed by atoms with Crippen LogP contribution in [0.4, 0.5) is 0 Å². The number of hydrogen-bond donors (Lipinski definition) is 0. The van der Waals surface area contributed by atoms with Gasteiger partial charge in [-0.25, -0.2) is 0 Å². The van der Waals surface area contributed by atoms with E-state index in [2.05, 4.69) is 63.8 Å². The minimum atomic E-state index is 1.03. The summed E-state index contributed by atoms with van der Waals surface area (Å²) in [6.45, 7) is 10.3. The molecule has 0 aromatic heterocycles. The van der Waals surface area contributed by atoms with E-state index < -0.39 is 0 Å². The fraction of sp³-hybridized carbons (Fsp3) is 0.294. The van der Waals surface area contributed by atoms with Gasteiger partial charge in [0.05, 0.1) is 0 Å². The number of rotatable bonds is 5. The maximum Gasteiger partial charge on any atom is -0.0158 e. The first-order valence-electron chi connectivity index (χ1n) is 6.34. The lowest BCUT2D eigenvalue weighted by molar-refractivity contribution is 1.13. The van der Waals surface area contributed by atoms with Crippen LogP contribution in [0.25, 0.3) is 5.57 Å². The SMILES string of the molecule is C=C/C(=C(\C=C/C)CC)c1ccc(CC)cc1. The number of hydrogen-bond acceptors (Lipinski definition) is 0. The van der Waals surface area contributed by atoms with Crippen LogP contribution in [0, 0.1) is 0 Å². The van der Waals surface area contributed by atoms with Crippen LogP contribution in [0.5, 0.6) is 0 Å². The van der Waals surface area contributed by atoms with E-state index in [0.29, 0.717) is 0 Å². The van der Waals surface area contributed by atoms with Gasteiger partial charge in [0.25, 0.3) is 0 Å². The quantitative estimate of drug-likeness (QED) is 0.607. The van der Waals surface area contributed by atoms with Crippen LogP contribution < -0.4 is 0 Å². The van der Waals surface area contributed by atoms with E-state index in [9.17, 15) is 0 Å². The fourth-order valence-corrected chi connectivity index (χ4v) is 1.95.